The van der Waals surface area contributed by atoms with Crippen LogP contribution in [0.2, 0.25) is 0 Å². The maximum Gasteiger partial charge on any atom is 0.113 e. The van der Waals surface area contributed by atoms with Crippen molar-refractivity contribution >= 4 is 21.9 Å². The molecule has 4 aromatic rings. The van der Waals surface area contributed by atoms with E-state index in [4.69, 9.17) is 0 Å². The summed E-state index contributed by atoms with van der Waals surface area (Å²) in [6, 6.07) is 18.8. The lowest BCUT2D eigenvalue weighted by Crippen LogP contribution is -2.18. The Bertz CT molecular complexity index is 899. The molecule has 0 aliphatic rings. The number of rotatable bonds is 3. The van der Waals surface area contributed by atoms with Crippen LogP contribution in [0.25, 0.3) is 21.9 Å². The summed E-state index contributed by atoms with van der Waals surface area (Å²) >= 11 is 0. The van der Waals surface area contributed by atoms with Crippen LogP contribution in [0.4, 0.5) is 0 Å². The van der Waals surface area contributed by atoms with Crippen molar-refractivity contribution in [2.75, 3.05) is 0 Å². The van der Waals surface area contributed by atoms with Crippen molar-refractivity contribution in [3.63, 3.8) is 0 Å². The predicted molar refractivity (Wildman–Crippen MR) is 88.8 cm³/mol. The molecule has 0 aliphatic heterocycles. The first-order valence-electron chi connectivity index (χ1n) is 7.61. The van der Waals surface area contributed by atoms with E-state index in [0.29, 0.717) is 5.92 Å². The molecule has 0 bridgehead atoms. The van der Waals surface area contributed by atoms with Gasteiger partial charge in [-0.15, -0.1) is 5.10 Å². The zero-order chi connectivity index (χ0) is 15.1. The fourth-order valence-corrected chi connectivity index (χ4v) is 3.12. The fourth-order valence-electron chi connectivity index (χ4n) is 3.12. The molecule has 0 spiro atoms. The van der Waals surface area contributed by atoms with E-state index in [2.05, 4.69) is 65.5 Å². The van der Waals surface area contributed by atoms with Crippen molar-refractivity contribution in [3.05, 3.63) is 60.3 Å². The number of nitrogens with zero attached hydrogens (tertiary/aromatic N) is 3. The lowest BCUT2D eigenvalue weighted by Gasteiger charge is -2.20. The van der Waals surface area contributed by atoms with Crippen LogP contribution >= 0.6 is 0 Å². The summed E-state index contributed by atoms with van der Waals surface area (Å²) in [4.78, 5) is 3.54. The molecule has 1 unspecified atom stereocenters. The van der Waals surface area contributed by atoms with Crippen LogP contribution in [0.5, 0.6) is 0 Å². The number of aromatic nitrogens is 4. The normalized spacial score (nSPS) is 13.2. The molecule has 0 radical (unpaired) electrons. The molecule has 0 fully saturated rings. The summed E-state index contributed by atoms with van der Waals surface area (Å²) in [7, 11) is 0. The Labute approximate surface area is 128 Å². The minimum Gasteiger partial charge on any atom is -0.357 e. The topological polar surface area (TPSA) is 46.5 Å². The van der Waals surface area contributed by atoms with Crippen molar-refractivity contribution < 1.29 is 0 Å². The van der Waals surface area contributed by atoms with Crippen molar-refractivity contribution in [1.29, 1.82) is 0 Å². The predicted octanol–water partition coefficient (Wildman–Crippen LogP) is 4.16. The van der Waals surface area contributed by atoms with Gasteiger partial charge in [-0.1, -0.05) is 49.4 Å². The second kappa shape index (κ2) is 4.98. The number of hydrogen-bond donors (Lipinski definition) is 1. The largest absolute Gasteiger partial charge is 0.357 e. The Morgan fingerprint density at radius 1 is 1.00 bits per heavy atom. The molecule has 4 rings (SSSR count). The highest BCUT2D eigenvalue weighted by Crippen LogP contribution is 2.30. The van der Waals surface area contributed by atoms with Gasteiger partial charge < -0.3 is 4.98 Å². The first kappa shape index (κ1) is 13.1. The standard InChI is InChI=1S/C18H18N4/c1-12(2)18(16-11-13-7-3-4-8-14(13)19-16)22-17-10-6-5-9-15(17)20-21-22/h3-12,18-19H,1-2H3. The van der Waals surface area contributed by atoms with E-state index in [1.165, 1.54) is 11.1 Å². The Morgan fingerprint density at radius 3 is 2.59 bits per heavy atom. The first-order chi connectivity index (χ1) is 10.7. The molecule has 110 valence electrons. The molecule has 0 saturated heterocycles. The van der Waals surface area contributed by atoms with Gasteiger partial charge in [-0.25, -0.2) is 4.68 Å². The van der Waals surface area contributed by atoms with Gasteiger partial charge in [0.1, 0.15) is 5.52 Å². The van der Waals surface area contributed by atoms with Crippen molar-refractivity contribution in [3.8, 4) is 0 Å². The Balaban J connectivity index is 1.90. The Kier molecular flexibility index (Phi) is 2.96. The Hall–Kier alpha value is -2.62. The van der Waals surface area contributed by atoms with Crippen LogP contribution in [0.1, 0.15) is 25.6 Å². The van der Waals surface area contributed by atoms with Crippen molar-refractivity contribution in [2.24, 2.45) is 5.92 Å². The average molecular weight is 290 g/mol. The summed E-state index contributed by atoms with van der Waals surface area (Å²) in [5.74, 6) is 0.401. The van der Waals surface area contributed by atoms with E-state index in [9.17, 15) is 0 Å². The molecule has 4 heteroatoms. The third-order valence-corrected chi connectivity index (χ3v) is 4.14. The summed E-state index contributed by atoms with van der Waals surface area (Å²) < 4.78 is 2.03. The minimum absolute atomic E-state index is 0.139. The van der Waals surface area contributed by atoms with Gasteiger partial charge in [0.15, 0.2) is 0 Å². The molecule has 2 heterocycles. The number of aromatic amines is 1. The fraction of sp³-hybridized carbons (Fsp3) is 0.222. The number of H-pyrrole nitrogens is 1. The van der Waals surface area contributed by atoms with Gasteiger partial charge in [0, 0.05) is 11.2 Å². The van der Waals surface area contributed by atoms with E-state index in [0.717, 1.165) is 16.6 Å². The maximum atomic E-state index is 4.41. The van der Waals surface area contributed by atoms with E-state index in [1.54, 1.807) is 0 Å². The van der Waals surface area contributed by atoms with Gasteiger partial charge in [0.25, 0.3) is 0 Å². The summed E-state index contributed by atoms with van der Waals surface area (Å²) in [5.41, 5.74) is 4.34. The van der Waals surface area contributed by atoms with Gasteiger partial charge in [0.2, 0.25) is 0 Å². The van der Waals surface area contributed by atoms with Gasteiger partial charge in [-0.05, 0) is 35.6 Å². The lowest BCUT2D eigenvalue weighted by atomic mass is 10.0. The number of para-hydroxylation sites is 2. The van der Waals surface area contributed by atoms with E-state index in [-0.39, 0.29) is 6.04 Å². The molecule has 1 N–H and O–H groups in total. The quantitative estimate of drug-likeness (QED) is 0.616. The van der Waals surface area contributed by atoms with Crippen LogP contribution in [0.3, 0.4) is 0 Å². The number of hydrogen-bond acceptors (Lipinski definition) is 2. The molecule has 2 aromatic heterocycles. The van der Waals surface area contributed by atoms with Crippen molar-refractivity contribution in [1.82, 2.24) is 20.0 Å². The molecule has 0 amide bonds. The summed E-state index contributed by atoms with van der Waals surface area (Å²) in [5, 5.41) is 9.94. The van der Waals surface area contributed by atoms with Gasteiger partial charge >= 0.3 is 0 Å². The smallest absolute Gasteiger partial charge is 0.113 e. The van der Waals surface area contributed by atoms with Gasteiger partial charge in [-0.2, -0.15) is 0 Å². The highest BCUT2D eigenvalue weighted by molar-refractivity contribution is 5.80. The average Bonchev–Trinajstić information content (AvgIpc) is 3.12. The van der Waals surface area contributed by atoms with Crippen LogP contribution in [0.15, 0.2) is 54.6 Å². The number of fused-ring (bicyclic) bond motifs is 2. The number of nitrogens with one attached hydrogen (secondary N) is 1. The second-order valence-corrected chi connectivity index (χ2v) is 6.02. The molecule has 4 nitrogen and oxygen atoms in total. The summed E-state index contributed by atoms with van der Waals surface area (Å²) in [6.07, 6.45) is 0. The molecular weight excluding hydrogens is 272 g/mol. The molecule has 2 aromatic carbocycles. The first-order valence-corrected chi connectivity index (χ1v) is 7.61. The lowest BCUT2D eigenvalue weighted by molar-refractivity contribution is 0.398. The van der Waals surface area contributed by atoms with Gasteiger partial charge in [-0.3, -0.25) is 0 Å². The molecular formula is C18H18N4. The summed E-state index contributed by atoms with van der Waals surface area (Å²) in [6.45, 7) is 4.43. The maximum absolute atomic E-state index is 4.41. The van der Waals surface area contributed by atoms with Gasteiger partial charge in [0.05, 0.1) is 11.6 Å². The third kappa shape index (κ3) is 1.99. The van der Waals surface area contributed by atoms with E-state index >= 15 is 0 Å². The molecule has 22 heavy (non-hydrogen) atoms. The number of benzene rings is 2. The van der Waals surface area contributed by atoms with E-state index < -0.39 is 0 Å². The Morgan fingerprint density at radius 2 is 1.77 bits per heavy atom. The van der Waals surface area contributed by atoms with Crippen LogP contribution in [-0.4, -0.2) is 20.0 Å². The zero-order valence-electron chi connectivity index (χ0n) is 12.7. The molecule has 0 aliphatic carbocycles. The second-order valence-electron chi connectivity index (χ2n) is 6.02. The zero-order valence-corrected chi connectivity index (χ0v) is 12.7. The van der Waals surface area contributed by atoms with Crippen LogP contribution < -0.4 is 0 Å². The highest BCUT2D eigenvalue weighted by atomic mass is 15.4. The molecule has 1 atom stereocenters. The monoisotopic (exact) mass is 290 g/mol. The third-order valence-electron chi connectivity index (χ3n) is 4.14. The SMILES string of the molecule is CC(C)C(c1cc2ccccc2[nH]1)n1nnc2ccccc21. The molecule has 0 saturated carbocycles. The van der Waals surface area contributed by atoms with Crippen molar-refractivity contribution in [2.45, 2.75) is 19.9 Å². The van der Waals surface area contributed by atoms with E-state index in [1.807, 2.05) is 22.9 Å². The highest BCUT2D eigenvalue weighted by Gasteiger charge is 2.23. The minimum atomic E-state index is 0.139. The van der Waals surface area contributed by atoms with Crippen LogP contribution in [-0.2, 0) is 0 Å². The van der Waals surface area contributed by atoms with Crippen LogP contribution in [0, 0.1) is 5.92 Å².